The van der Waals surface area contributed by atoms with Gasteiger partial charge in [-0.2, -0.15) is 0 Å². The predicted octanol–water partition coefficient (Wildman–Crippen LogP) is 10.7. The van der Waals surface area contributed by atoms with Gasteiger partial charge in [0.05, 0.1) is 32.3 Å². The Morgan fingerprint density at radius 1 is 0.761 bits per heavy atom. The van der Waals surface area contributed by atoms with Crippen molar-refractivity contribution in [2.24, 2.45) is 5.92 Å². The SMILES string of the molecule is CC1C=CSC1c1ccc(-c2cc3c(s2)C2=C4C(=O)N5C=Cc6cc(-c7ccc(-c8cccs8)s7)sc6C5=C4C(=O)N2C(C)C3)s1. The average Bonchev–Trinajstić information content (AvgIpc) is 3.87. The first-order valence-electron chi connectivity index (χ1n) is 15.1. The number of hydrogen-bond donors (Lipinski definition) is 0. The minimum atomic E-state index is -0.100. The van der Waals surface area contributed by atoms with Crippen LogP contribution in [0.15, 0.2) is 82.7 Å². The van der Waals surface area contributed by atoms with Crippen molar-refractivity contribution in [3.63, 3.8) is 0 Å². The van der Waals surface area contributed by atoms with E-state index in [1.807, 2.05) is 40.3 Å². The van der Waals surface area contributed by atoms with E-state index < -0.39 is 0 Å². The van der Waals surface area contributed by atoms with Gasteiger partial charge in [-0.25, -0.2) is 0 Å². The van der Waals surface area contributed by atoms with Crippen LogP contribution in [0.4, 0.5) is 0 Å². The Bertz CT molecular complexity index is 2270. The Balaban J connectivity index is 1.07. The Kier molecular flexibility index (Phi) is 6.12. The van der Waals surface area contributed by atoms with Crippen molar-refractivity contribution in [1.82, 2.24) is 9.80 Å². The van der Waals surface area contributed by atoms with Gasteiger partial charge in [-0.05, 0) is 89.7 Å². The zero-order valence-corrected chi connectivity index (χ0v) is 29.5. The quantitative estimate of drug-likeness (QED) is 0.187. The topological polar surface area (TPSA) is 40.6 Å². The molecule has 2 amide bonds. The molecule has 5 aromatic heterocycles. The van der Waals surface area contributed by atoms with Crippen molar-refractivity contribution in [3.8, 4) is 29.3 Å². The number of thioether (sulfide) groups is 1. The molecule has 0 N–H and O–H groups in total. The summed E-state index contributed by atoms with van der Waals surface area (Å²) in [4.78, 5) is 43.0. The van der Waals surface area contributed by atoms with Gasteiger partial charge in [-0.3, -0.25) is 14.5 Å². The van der Waals surface area contributed by atoms with Gasteiger partial charge in [0.1, 0.15) is 0 Å². The zero-order valence-electron chi connectivity index (χ0n) is 24.6. The first kappa shape index (κ1) is 27.8. The van der Waals surface area contributed by atoms with E-state index >= 15 is 0 Å². The van der Waals surface area contributed by atoms with E-state index in [1.165, 1.54) is 34.8 Å². The van der Waals surface area contributed by atoms with Gasteiger partial charge in [0, 0.05) is 51.6 Å². The van der Waals surface area contributed by atoms with E-state index in [4.69, 9.17) is 0 Å². The fourth-order valence-corrected chi connectivity index (χ4v) is 14.0. The van der Waals surface area contributed by atoms with Gasteiger partial charge in [0.2, 0.25) is 0 Å². The van der Waals surface area contributed by atoms with E-state index in [2.05, 4.69) is 79.2 Å². The zero-order chi connectivity index (χ0) is 30.8. The fraction of sp³-hybridized carbons (Fsp3) is 0.167. The van der Waals surface area contributed by atoms with Gasteiger partial charge >= 0.3 is 0 Å². The van der Waals surface area contributed by atoms with Crippen LogP contribution in [0.25, 0.3) is 46.7 Å². The third-order valence-corrected chi connectivity index (χ3v) is 16.8. The summed E-state index contributed by atoms with van der Waals surface area (Å²) in [5, 5.41) is 4.80. The highest BCUT2D eigenvalue weighted by Gasteiger charge is 2.52. The van der Waals surface area contributed by atoms with Crippen molar-refractivity contribution < 1.29 is 9.59 Å². The molecule has 5 aliphatic heterocycles. The number of amides is 2. The van der Waals surface area contributed by atoms with E-state index in [1.54, 1.807) is 50.2 Å². The largest absolute Gasteiger partial charge is 0.303 e. The van der Waals surface area contributed by atoms with Crippen LogP contribution in [0, 0.1) is 5.92 Å². The van der Waals surface area contributed by atoms with Gasteiger partial charge in [-0.1, -0.05) is 19.1 Å². The lowest BCUT2D eigenvalue weighted by Crippen LogP contribution is -2.39. The number of hydrogen-bond acceptors (Lipinski definition) is 8. The molecular weight excluding hydrogens is 685 g/mol. The molecule has 0 fully saturated rings. The maximum absolute atomic E-state index is 14.4. The molecule has 0 bridgehead atoms. The monoisotopic (exact) mass is 708 g/mol. The van der Waals surface area contributed by atoms with Gasteiger partial charge < -0.3 is 4.90 Å². The van der Waals surface area contributed by atoms with Crippen molar-refractivity contribution >= 4 is 97.7 Å². The highest BCUT2D eigenvalue weighted by atomic mass is 32.2. The Hall–Kier alpha value is -3.25. The molecule has 4 nitrogen and oxygen atoms in total. The molecule has 3 unspecified atom stereocenters. The summed E-state index contributed by atoms with van der Waals surface area (Å²) in [7, 11) is 0. The minimum Gasteiger partial charge on any atom is -0.303 e. The summed E-state index contributed by atoms with van der Waals surface area (Å²) in [5.41, 5.74) is 4.99. The molecule has 10 heteroatoms. The molecule has 226 valence electrons. The second kappa shape index (κ2) is 10.1. The number of fused-ring (bicyclic) bond motifs is 7. The van der Waals surface area contributed by atoms with E-state index in [0.29, 0.717) is 22.3 Å². The summed E-state index contributed by atoms with van der Waals surface area (Å²) in [6.45, 7) is 4.39. The number of carbonyl (C=O) groups is 2. The van der Waals surface area contributed by atoms with Crippen molar-refractivity contribution in [2.45, 2.75) is 31.6 Å². The number of rotatable bonds is 4. The van der Waals surface area contributed by atoms with Crippen LogP contribution in [0.1, 0.15) is 44.9 Å². The van der Waals surface area contributed by atoms with E-state index in [0.717, 1.165) is 38.0 Å². The van der Waals surface area contributed by atoms with Crippen LogP contribution in [-0.4, -0.2) is 27.7 Å². The van der Waals surface area contributed by atoms with Crippen LogP contribution in [0.2, 0.25) is 0 Å². The second-order valence-corrected chi connectivity index (χ2v) is 18.4. The standard InChI is InChI=1S/C36H24N2O2S6/c1-17-10-13-42-32(17)25-8-7-24(44-25)27-16-20-14-18(2)38-31(34(20)46-27)29-28(36(38)40)30-33-19(9-11-37(30)35(29)39)15-26(45-33)23-6-5-22(43-23)21-4-3-12-41-21/h3-13,15-18,32H,14H2,1-2H3. The summed E-state index contributed by atoms with van der Waals surface area (Å²) in [6, 6.07) is 17.6. The number of thiophene rings is 5. The Morgan fingerprint density at radius 2 is 1.52 bits per heavy atom. The van der Waals surface area contributed by atoms with Crippen LogP contribution >= 0.6 is 68.4 Å². The van der Waals surface area contributed by atoms with Crippen LogP contribution < -0.4 is 0 Å². The Labute approximate surface area is 290 Å². The van der Waals surface area contributed by atoms with E-state index in [-0.39, 0.29) is 17.9 Å². The molecule has 46 heavy (non-hydrogen) atoms. The third kappa shape index (κ3) is 3.88. The minimum absolute atomic E-state index is 0.0232. The van der Waals surface area contributed by atoms with E-state index in [9.17, 15) is 9.59 Å². The molecular formula is C36H24N2O2S6. The smallest absolute Gasteiger partial charge is 0.265 e. The van der Waals surface area contributed by atoms with Crippen molar-refractivity contribution in [3.05, 3.63) is 108 Å². The molecule has 0 aliphatic carbocycles. The maximum atomic E-state index is 14.4. The summed E-state index contributed by atoms with van der Waals surface area (Å²) >= 11 is 10.7. The summed E-state index contributed by atoms with van der Waals surface area (Å²) in [6.07, 6.45) is 6.95. The molecule has 0 saturated carbocycles. The summed E-state index contributed by atoms with van der Waals surface area (Å²) < 4.78 is 0. The van der Waals surface area contributed by atoms with Gasteiger partial charge in [0.25, 0.3) is 11.8 Å². The average molecular weight is 709 g/mol. The second-order valence-electron chi connectivity index (χ2n) is 12.1. The van der Waals surface area contributed by atoms with Crippen molar-refractivity contribution in [1.29, 1.82) is 0 Å². The van der Waals surface area contributed by atoms with Gasteiger partial charge in [0.15, 0.2) is 0 Å². The lowest BCUT2D eigenvalue weighted by atomic mass is 9.98. The molecule has 5 aromatic rings. The highest BCUT2D eigenvalue weighted by Crippen LogP contribution is 2.56. The number of carbonyl (C=O) groups excluding carboxylic acids is 2. The number of allylic oxidation sites excluding steroid dienone is 1. The number of nitrogens with zero attached hydrogens (tertiary/aromatic N) is 2. The molecule has 0 radical (unpaired) electrons. The van der Waals surface area contributed by atoms with Crippen LogP contribution in [0.3, 0.4) is 0 Å². The molecule has 10 heterocycles. The van der Waals surface area contributed by atoms with Gasteiger partial charge in [-0.15, -0.1) is 68.4 Å². The van der Waals surface area contributed by atoms with Crippen molar-refractivity contribution in [2.75, 3.05) is 0 Å². The summed E-state index contributed by atoms with van der Waals surface area (Å²) in [5.74, 6) is 0.381. The lowest BCUT2D eigenvalue weighted by molar-refractivity contribution is -0.124. The normalized spacial score (nSPS) is 22.7. The molecule has 0 aromatic carbocycles. The fourth-order valence-electron chi connectivity index (χ4n) is 7.11. The highest BCUT2D eigenvalue weighted by molar-refractivity contribution is 8.02. The first-order valence-corrected chi connectivity index (χ1v) is 20.2. The molecule has 5 aliphatic rings. The Morgan fingerprint density at radius 3 is 2.33 bits per heavy atom. The predicted molar refractivity (Wildman–Crippen MR) is 197 cm³/mol. The molecule has 10 rings (SSSR count). The molecule has 0 saturated heterocycles. The molecule has 0 spiro atoms. The lowest BCUT2D eigenvalue weighted by Gasteiger charge is -2.33. The van der Waals surface area contributed by atoms with Crippen LogP contribution in [0.5, 0.6) is 0 Å². The molecule has 3 atom stereocenters. The first-order chi connectivity index (χ1) is 22.4. The third-order valence-electron chi connectivity index (χ3n) is 9.28. The maximum Gasteiger partial charge on any atom is 0.265 e. The van der Waals surface area contributed by atoms with Crippen LogP contribution in [-0.2, 0) is 16.0 Å².